The van der Waals surface area contributed by atoms with Gasteiger partial charge in [-0.05, 0) is 56.1 Å². The van der Waals surface area contributed by atoms with Crippen LogP contribution in [0.25, 0.3) is 10.9 Å². The van der Waals surface area contributed by atoms with Crippen LogP contribution in [-0.4, -0.2) is 17.9 Å². The number of fused-ring (bicyclic) bond motifs is 2. The predicted octanol–water partition coefficient (Wildman–Crippen LogP) is 3.98. The first kappa shape index (κ1) is 16.0. The first-order chi connectivity index (χ1) is 12.2. The molecule has 2 aromatic carbocycles. The van der Waals surface area contributed by atoms with Gasteiger partial charge in [-0.2, -0.15) is 0 Å². The lowest BCUT2D eigenvalue weighted by Crippen LogP contribution is -2.15. The number of nitrogens with two attached hydrogens (primary N) is 1. The van der Waals surface area contributed by atoms with E-state index in [4.69, 9.17) is 15.2 Å². The number of rotatable bonds is 5. The summed E-state index contributed by atoms with van der Waals surface area (Å²) in [5.41, 5.74) is 11.4. The molecule has 25 heavy (non-hydrogen) atoms. The van der Waals surface area contributed by atoms with Crippen LogP contribution < -0.4 is 15.2 Å². The lowest BCUT2D eigenvalue weighted by molar-refractivity contribution is 0.174. The third-order valence-corrected chi connectivity index (χ3v) is 5.28. The lowest BCUT2D eigenvalue weighted by atomic mass is 9.90. The molecule has 0 saturated heterocycles. The Balaban J connectivity index is 1.73. The molecule has 0 radical (unpaired) electrons. The van der Waals surface area contributed by atoms with Crippen LogP contribution in [0.5, 0.6) is 11.5 Å². The Labute approximate surface area is 148 Å². The first-order valence-corrected chi connectivity index (χ1v) is 8.89. The van der Waals surface area contributed by atoms with Crippen molar-refractivity contribution < 1.29 is 9.47 Å². The molecular formula is C21H24N2O2. The molecule has 2 N–H and O–H groups in total. The van der Waals surface area contributed by atoms with E-state index < -0.39 is 0 Å². The summed E-state index contributed by atoms with van der Waals surface area (Å²) < 4.78 is 13.3. The smallest absolute Gasteiger partial charge is 0.231 e. The topological polar surface area (TPSA) is 49.4 Å². The van der Waals surface area contributed by atoms with Crippen molar-refractivity contribution in [3.05, 3.63) is 59.3 Å². The normalized spacial score (nSPS) is 14.2. The number of hydrogen-bond donors (Lipinski definition) is 1. The Bertz CT molecular complexity index is 914. The summed E-state index contributed by atoms with van der Waals surface area (Å²) in [5.74, 6) is 1.89. The number of para-hydroxylation sites is 1. The quantitative estimate of drug-likeness (QED) is 0.766. The van der Waals surface area contributed by atoms with Gasteiger partial charge in [0.25, 0.3) is 0 Å². The van der Waals surface area contributed by atoms with Gasteiger partial charge in [-0.1, -0.05) is 24.3 Å². The van der Waals surface area contributed by atoms with Crippen molar-refractivity contribution in [1.29, 1.82) is 0 Å². The molecule has 4 rings (SSSR count). The van der Waals surface area contributed by atoms with Crippen molar-refractivity contribution in [2.24, 2.45) is 5.73 Å². The molecule has 4 heteroatoms. The Kier molecular flexibility index (Phi) is 4.14. The van der Waals surface area contributed by atoms with Crippen molar-refractivity contribution in [3.63, 3.8) is 0 Å². The molecule has 1 aromatic heterocycles. The molecule has 0 aliphatic carbocycles. The van der Waals surface area contributed by atoms with E-state index in [1.54, 1.807) is 0 Å². The average molecular weight is 336 g/mol. The van der Waals surface area contributed by atoms with Crippen molar-refractivity contribution >= 4 is 10.9 Å². The first-order valence-electron chi connectivity index (χ1n) is 8.89. The molecule has 0 saturated carbocycles. The van der Waals surface area contributed by atoms with E-state index in [9.17, 15) is 0 Å². The Hall–Kier alpha value is -2.46. The summed E-state index contributed by atoms with van der Waals surface area (Å²) in [6.45, 7) is 6.29. The van der Waals surface area contributed by atoms with Gasteiger partial charge in [-0.15, -0.1) is 0 Å². The molecule has 4 nitrogen and oxygen atoms in total. The third kappa shape index (κ3) is 2.67. The molecule has 0 amide bonds. The van der Waals surface area contributed by atoms with E-state index in [-0.39, 0.29) is 5.92 Å². The van der Waals surface area contributed by atoms with Gasteiger partial charge in [-0.3, -0.25) is 0 Å². The number of hydrogen-bond acceptors (Lipinski definition) is 3. The lowest BCUT2D eigenvalue weighted by Gasteiger charge is -2.16. The molecule has 1 aliphatic rings. The summed E-state index contributed by atoms with van der Waals surface area (Å²) in [6, 6.07) is 14.8. The number of aryl methyl sites for hydroxylation is 1. The maximum absolute atomic E-state index is 6.15. The summed E-state index contributed by atoms with van der Waals surface area (Å²) >= 11 is 0. The van der Waals surface area contributed by atoms with E-state index in [1.165, 1.54) is 27.7 Å². The minimum Gasteiger partial charge on any atom is -0.454 e. The molecule has 1 unspecified atom stereocenters. The minimum atomic E-state index is 0.254. The van der Waals surface area contributed by atoms with E-state index >= 15 is 0 Å². The van der Waals surface area contributed by atoms with Gasteiger partial charge in [0, 0.05) is 29.1 Å². The second kappa shape index (κ2) is 6.45. The van der Waals surface area contributed by atoms with Gasteiger partial charge in [0.1, 0.15) is 0 Å². The largest absolute Gasteiger partial charge is 0.454 e. The van der Waals surface area contributed by atoms with Gasteiger partial charge < -0.3 is 19.8 Å². The van der Waals surface area contributed by atoms with Crippen LogP contribution in [0.15, 0.2) is 42.5 Å². The number of nitrogens with zero attached hydrogens (tertiary/aromatic N) is 1. The molecule has 130 valence electrons. The molecule has 0 bridgehead atoms. The summed E-state index contributed by atoms with van der Waals surface area (Å²) in [7, 11) is 0. The predicted molar refractivity (Wildman–Crippen MR) is 100 cm³/mol. The molecule has 0 spiro atoms. The van der Waals surface area contributed by atoms with Crippen LogP contribution in [0.2, 0.25) is 0 Å². The second-order valence-corrected chi connectivity index (χ2v) is 6.57. The zero-order valence-electron chi connectivity index (χ0n) is 14.8. The van der Waals surface area contributed by atoms with E-state index in [0.717, 1.165) is 24.5 Å². The molecule has 1 atom stereocenters. The van der Waals surface area contributed by atoms with Gasteiger partial charge >= 0.3 is 0 Å². The fourth-order valence-corrected chi connectivity index (χ4v) is 3.92. The van der Waals surface area contributed by atoms with Crippen LogP contribution in [0.1, 0.15) is 29.7 Å². The minimum absolute atomic E-state index is 0.254. The van der Waals surface area contributed by atoms with Crippen LogP contribution in [-0.2, 0) is 13.0 Å². The van der Waals surface area contributed by atoms with Gasteiger partial charge in [0.2, 0.25) is 6.79 Å². The highest BCUT2D eigenvalue weighted by Crippen LogP contribution is 2.36. The van der Waals surface area contributed by atoms with Crippen LogP contribution >= 0.6 is 0 Å². The maximum Gasteiger partial charge on any atom is 0.231 e. The third-order valence-electron chi connectivity index (χ3n) is 5.28. The van der Waals surface area contributed by atoms with Crippen LogP contribution in [0.4, 0.5) is 0 Å². The fraction of sp³-hybridized carbons (Fsp3) is 0.333. The van der Waals surface area contributed by atoms with Crippen LogP contribution in [0.3, 0.4) is 0 Å². The standard InChI is InChI=1S/C21H24N2O2/c1-3-23-14(2)18(17-6-4-5-7-19(17)23)10-16(12-22)15-8-9-20-21(11-15)25-13-24-20/h4-9,11,16H,3,10,12-13,22H2,1-2H3. The highest BCUT2D eigenvalue weighted by Gasteiger charge is 2.21. The van der Waals surface area contributed by atoms with E-state index in [2.05, 4.69) is 54.8 Å². The van der Waals surface area contributed by atoms with Gasteiger partial charge in [-0.25, -0.2) is 0 Å². The second-order valence-electron chi connectivity index (χ2n) is 6.57. The zero-order chi connectivity index (χ0) is 17.4. The summed E-state index contributed by atoms with van der Waals surface area (Å²) in [4.78, 5) is 0. The Morgan fingerprint density at radius 2 is 1.92 bits per heavy atom. The fourth-order valence-electron chi connectivity index (χ4n) is 3.92. The Morgan fingerprint density at radius 3 is 2.72 bits per heavy atom. The summed E-state index contributed by atoms with van der Waals surface area (Å²) in [5, 5.41) is 1.33. The molecular weight excluding hydrogens is 312 g/mol. The number of ether oxygens (including phenoxy) is 2. The number of aromatic nitrogens is 1. The molecule has 2 heterocycles. The van der Waals surface area contributed by atoms with E-state index in [1.807, 2.05) is 6.07 Å². The Morgan fingerprint density at radius 1 is 1.12 bits per heavy atom. The van der Waals surface area contributed by atoms with Crippen molar-refractivity contribution in [1.82, 2.24) is 4.57 Å². The van der Waals surface area contributed by atoms with Gasteiger partial charge in [0.05, 0.1) is 0 Å². The maximum atomic E-state index is 6.15. The summed E-state index contributed by atoms with van der Waals surface area (Å²) in [6.07, 6.45) is 0.926. The van der Waals surface area contributed by atoms with Crippen molar-refractivity contribution in [2.75, 3.05) is 13.3 Å². The molecule has 1 aliphatic heterocycles. The van der Waals surface area contributed by atoms with E-state index in [0.29, 0.717) is 13.3 Å². The van der Waals surface area contributed by atoms with Gasteiger partial charge in [0.15, 0.2) is 11.5 Å². The van der Waals surface area contributed by atoms with Crippen molar-refractivity contribution in [3.8, 4) is 11.5 Å². The molecule has 0 fully saturated rings. The highest BCUT2D eigenvalue weighted by atomic mass is 16.7. The average Bonchev–Trinajstić information content (AvgIpc) is 3.21. The van der Waals surface area contributed by atoms with Crippen LogP contribution in [0, 0.1) is 6.92 Å². The van der Waals surface area contributed by atoms with Crippen molar-refractivity contribution in [2.45, 2.75) is 32.7 Å². The zero-order valence-corrected chi connectivity index (χ0v) is 14.8. The highest BCUT2D eigenvalue weighted by molar-refractivity contribution is 5.85. The SMILES string of the molecule is CCn1c(C)c(CC(CN)c2ccc3c(c2)OCO3)c2ccccc21. The number of benzene rings is 2. The molecule has 3 aromatic rings. The monoisotopic (exact) mass is 336 g/mol.